The molecule has 6 heteroatoms. The minimum Gasteiger partial charge on any atom is -0.309 e. The van der Waals surface area contributed by atoms with Crippen molar-refractivity contribution < 1.29 is 0 Å². The number of thiophene rings is 1. The minimum absolute atomic E-state index is 0.581. The Morgan fingerprint density at radius 1 is 0.222 bits per heavy atom. The van der Waals surface area contributed by atoms with Crippen LogP contribution in [-0.4, -0.2) is 24.1 Å². The zero-order valence-electron chi connectivity index (χ0n) is 43.8. The quantitative estimate of drug-likeness (QED) is 0.145. The molecule has 0 saturated heterocycles. The van der Waals surface area contributed by atoms with Crippen LogP contribution >= 0.6 is 11.3 Å². The van der Waals surface area contributed by atoms with Gasteiger partial charge < -0.3 is 9.13 Å². The average Bonchev–Trinajstić information content (AvgIpc) is 4.41. The van der Waals surface area contributed by atoms with Crippen molar-refractivity contribution in [3.8, 4) is 90.0 Å². The fraction of sp³-hybridized carbons (Fsp3) is 0. The van der Waals surface area contributed by atoms with Crippen LogP contribution in [0.2, 0.25) is 0 Å². The van der Waals surface area contributed by atoms with Crippen LogP contribution in [0, 0.1) is 0 Å². The second-order valence-corrected chi connectivity index (χ2v) is 21.8. The number of aromatic nitrogens is 5. The second kappa shape index (κ2) is 19.1. The molecule has 16 aromatic rings. The van der Waals surface area contributed by atoms with Gasteiger partial charge >= 0.3 is 0 Å². The summed E-state index contributed by atoms with van der Waals surface area (Å²) in [7, 11) is 0. The zero-order chi connectivity index (χ0) is 53.4. The van der Waals surface area contributed by atoms with E-state index in [0.29, 0.717) is 17.5 Å². The number of para-hydroxylation sites is 3. The van der Waals surface area contributed by atoms with Crippen LogP contribution in [0.25, 0.3) is 154 Å². The van der Waals surface area contributed by atoms with Gasteiger partial charge in [0.15, 0.2) is 17.5 Å². The van der Waals surface area contributed by atoms with Crippen molar-refractivity contribution in [2.75, 3.05) is 0 Å². The first-order valence-corrected chi connectivity index (χ1v) is 28.2. The first kappa shape index (κ1) is 46.6. The molecule has 0 aliphatic heterocycles. The molecule has 0 aliphatic rings. The monoisotopic (exact) mass is 1050 g/mol. The van der Waals surface area contributed by atoms with E-state index in [1.165, 1.54) is 58.4 Å². The SMILES string of the molecule is c1ccc(-c2cccc(-c3ccc(-c4nc(-c5ccccc5)nc(-c5ccc(-c6ccccc6)c(-n6c7ccccc7c7cc(-c8ccc9sc%10ccccc%10c9c8)ccc76)c5)n4)cc3-n3c4ccccc4c4ccccc43)c2)cc1. The molecule has 0 radical (unpaired) electrons. The number of rotatable bonds is 9. The average molecular weight is 1050 g/mol. The number of hydrogen-bond donors (Lipinski definition) is 0. The van der Waals surface area contributed by atoms with Crippen LogP contribution in [0.5, 0.6) is 0 Å². The molecule has 81 heavy (non-hydrogen) atoms. The van der Waals surface area contributed by atoms with Crippen molar-refractivity contribution >= 4 is 75.1 Å². The highest BCUT2D eigenvalue weighted by Gasteiger charge is 2.22. The molecule has 0 aliphatic carbocycles. The number of hydrogen-bond acceptors (Lipinski definition) is 4. The molecule has 4 aromatic heterocycles. The summed E-state index contributed by atoms with van der Waals surface area (Å²) >= 11 is 1.85. The van der Waals surface area contributed by atoms with Crippen LogP contribution in [0.1, 0.15) is 0 Å². The topological polar surface area (TPSA) is 48.5 Å². The molecule has 4 heterocycles. The Kier molecular flexibility index (Phi) is 11.0. The second-order valence-electron chi connectivity index (χ2n) is 20.7. The molecule has 12 aromatic carbocycles. The lowest BCUT2D eigenvalue weighted by Crippen LogP contribution is -2.03. The Hall–Kier alpha value is -10.5. The van der Waals surface area contributed by atoms with Gasteiger partial charge in [0.25, 0.3) is 0 Å². The number of fused-ring (bicyclic) bond motifs is 9. The lowest BCUT2D eigenvalue weighted by atomic mass is 9.96. The van der Waals surface area contributed by atoms with Crippen molar-refractivity contribution in [2.45, 2.75) is 0 Å². The first-order valence-electron chi connectivity index (χ1n) is 27.4. The Bertz CT molecular complexity index is 5060. The summed E-state index contributed by atoms with van der Waals surface area (Å²) in [5.74, 6) is 1.76. The predicted molar refractivity (Wildman–Crippen MR) is 339 cm³/mol. The maximum Gasteiger partial charge on any atom is 0.164 e. The van der Waals surface area contributed by atoms with Crippen molar-refractivity contribution in [3.05, 3.63) is 285 Å². The van der Waals surface area contributed by atoms with Crippen molar-refractivity contribution in [3.63, 3.8) is 0 Å². The highest BCUT2D eigenvalue weighted by molar-refractivity contribution is 7.25. The van der Waals surface area contributed by atoms with Gasteiger partial charge in [-0.2, -0.15) is 0 Å². The van der Waals surface area contributed by atoms with Gasteiger partial charge in [-0.25, -0.2) is 15.0 Å². The third kappa shape index (κ3) is 7.95. The summed E-state index contributed by atoms with van der Waals surface area (Å²) in [5, 5.41) is 7.35. The van der Waals surface area contributed by atoms with E-state index in [1.807, 2.05) is 29.5 Å². The molecular weight excluding hydrogens is 1000 g/mol. The normalized spacial score (nSPS) is 11.7. The van der Waals surface area contributed by atoms with E-state index in [0.717, 1.165) is 77.9 Å². The molecule has 378 valence electrons. The van der Waals surface area contributed by atoms with E-state index in [1.54, 1.807) is 0 Å². The Balaban J connectivity index is 0.897. The van der Waals surface area contributed by atoms with Crippen LogP contribution in [0.15, 0.2) is 285 Å². The molecule has 0 unspecified atom stereocenters. The molecule has 0 spiro atoms. The molecule has 0 bridgehead atoms. The molecule has 0 amide bonds. The van der Waals surface area contributed by atoms with Gasteiger partial charge in [-0.3, -0.25) is 0 Å². The minimum atomic E-state index is 0.581. The third-order valence-corrected chi connectivity index (χ3v) is 17.1. The summed E-state index contributed by atoms with van der Waals surface area (Å²) in [6.45, 7) is 0. The van der Waals surface area contributed by atoms with Gasteiger partial charge in [-0.15, -0.1) is 11.3 Å². The summed E-state index contributed by atoms with van der Waals surface area (Å²) in [4.78, 5) is 16.2. The van der Waals surface area contributed by atoms with Gasteiger partial charge in [0.2, 0.25) is 0 Å². The van der Waals surface area contributed by atoms with E-state index < -0.39 is 0 Å². The molecule has 0 N–H and O–H groups in total. The highest BCUT2D eigenvalue weighted by Crippen LogP contribution is 2.43. The maximum atomic E-state index is 5.49. The van der Waals surface area contributed by atoms with E-state index in [2.05, 4.69) is 276 Å². The zero-order valence-corrected chi connectivity index (χ0v) is 44.6. The standard InChI is InChI=1S/C75H47N5S/c1-4-19-48(20-5-1)51-25-18-26-54(43-51)58-40-36-56(47-70(58)79-65-31-14-10-27-59(65)60-28-11-15-32-66(60)79)75-77-73(50-23-8-3-9-24-50)76-74(78-75)55-35-39-57(49-21-6-2-7-22-49)69(46-55)80-67-33-16-12-29-61(67)63-44-52(37-41-68(63)80)53-38-42-72-64(45-53)62-30-13-17-34-71(62)81-72/h1-47H. The lowest BCUT2D eigenvalue weighted by Gasteiger charge is -2.18. The summed E-state index contributed by atoms with van der Waals surface area (Å²) in [5.41, 5.74) is 18.3. The Labute approximate surface area is 471 Å². The van der Waals surface area contributed by atoms with E-state index >= 15 is 0 Å². The van der Waals surface area contributed by atoms with Crippen molar-refractivity contribution in [2.24, 2.45) is 0 Å². The van der Waals surface area contributed by atoms with E-state index in [9.17, 15) is 0 Å². The summed E-state index contributed by atoms with van der Waals surface area (Å²) in [6.07, 6.45) is 0. The molecule has 0 atom stereocenters. The van der Waals surface area contributed by atoms with Gasteiger partial charge in [0, 0.05) is 69.5 Å². The Morgan fingerprint density at radius 2 is 0.617 bits per heavy atom. The molecule has 5 nitrogen and oxygen atoms in total. The van der Waals surface area contributed by atoms with Crippen LogP contribution in [-0.2, 0) is 0 Å². The van der Waals surface area contributed by atoms with Gasteiger partial charge in [0.05, 0.1) is 33.4 Å². The van der Waals surface area contributed by atoms with E-state index in [4.69, 9.17) is 15.0 Å². The maximum absolute atomic E-state index is 5.49. The van der Waals surface area contributed by atoms with Crippen molar-refractivity contribution in [1.82, 2.24) is 24.1 Å². The summed E-state index contributed by atoms with van der Waals surface area (Å²) in [6, 6.07) is 103. The van der Waals surface area contributed by atoms with Crippen LogP contribution in [0.3, 0.4) is 0 Å². The first-order chi connectivity index (χ1) is 40.1. The Morgan fingerprint density at radius 3 is 1.22 bits per heavy atom. The van der Waals surface area contributed by atoms with Gasteiger partial charge in [-0.1, -0.05) is 218 Å². The third-order valence-electron chi connectivity index (χ3n) is 16.0. The number of nitrogens with zero attached hydrogens (tertiary/aromatic N) is 5. The van der Waals surface area contributed by atoms with Gasteiger partial charge in [0.1, 0.15) is 0 Å². The number of benzene rings is 12. The molecular formula is C75H47N5S. The van der Waals surface area contributed by atoms with Crippen molar-refractivity contribution in [1.29, 1.82) is 0 Å². The molecule has 0 saturated carbocycles. The fourth-order valence-corrected chi connectivity index (χ4v) is 13.3. The van der Waals surface area contributed by atoms with E-state index in [-0.39, 0.29) is 0 Å². The smallest absolute Gasteiger partial charge is 0.164 e. The molecule has 0 fully saturated rings. The lowest BCUT2D eigenvalue weighted by molar-refractivity contribution is 1.07. The highest BCUT2D eigenvalue weighted by atomic mass is 32.1. The molecule has 16 rings (SSSR count). The van der Waals surface area contributed by atoms with Crippen LogP contribution in [0.4, 0.5) is 0 Å². The fourth-order valence-electron chi connectivity index (χ4n) is 12.2. The van der Waals surface area contributed by atoms with Gasteiger partial charge in [-0.05, 0) is 100 Å². The summed E-state index contributed by atoms with van der Waals surface area (Å²) < 4.78 is 7.45. The van der Waals surface area contributed by atoms with Crippen LogP contribution < -0.4 is 0 Å². The largest absolute Gasteiger partial charge is 0.309 e. The predicted octanol–water partition coefficient (Wildman–Crippen LogP) is 20.1.